The normalized spacial score (nSPS) is 12.6. The number of allylic oxidation sites excluding steroid dienone is 1. The van der Waals surface area contributed by atoms with Crippen LogP contribution in [0, 0.1) is 0 Å². The molecular formula is C10H7N. The van der Waals surface area contributed by atoms with Gasteiger partial charge >= 0.3 is 0 Å². The highest BCUT2D eigenvalue weighted by molar-refractivity contribution is 5.82. The monoisotopic (exact) mass is 141 g/mol. The summed E-state index contributed by atoms with van der Waals surface area (Å²) in [5.74, 6) is 2.73. The number of fused-ring (bicyclic) bond motifs is 1. The molecule has 0 N–H and O–H groups in total. The van der Waals surface area contributed by atoms with Crippen molar-refractivity contribution >= 4 is 17.1 Å². The van der Waals surface area contributed by atoms with Gasteiger partial charge in [0, 0.05) is 17.0 Å². The molecule has 0 saturated heterocycles. The number of benzene rings is 1. The summed E-state index contributed by atoms with van der Waals surface area (Å²) in [7, 11) is 0. The van der Waals surface area contributed by atoms with Crippen molar-refractivity contribution in [3.05, 3.63) is 35.6 Å². The van der Waals surface area contributed by atoms with Crippen LogP contribution in [0.1, 0.15) is 12.5 Å². The molecule has 1 aromatic rings. The Bertz CT molecular complexity index is 389. The van der Waals surface area contributed by atoms with Crippen molar-refractivity contribution < 1.29 is 0 Å². The molecule has 1 heterocycles. The fourth-order valence-electron chi connectivity index (χ4n) is 1.13. The second kappa shape index (κ2) is 2.25. The van der Waals surface area contributed by atoms with E-state index in [4.69, 9.17) is 0 Å². The van der Waals surface area contributed by atoms with Crippen LogP contribution in [0.3, 0.4) is 0 Å². The maximum absolute atomic E-state index is 4.06. The van der Waals surface area contributed by atoms with E-state index in [2.05, 4.69) is 16.6 Å². The van der Waals surface area contributed by atoms with Crippen LogP contribution in [-0.4, -0.2) is 5.87 Å². The average molecular weight is 141 g/mol. The Labute approximate surface area is 65.4 Å². The van der Waals surface area contributed by atoms with Crippen LogP contribution in [0.15, 0.2) is 35.0 Å². The van der Waals surface area contributed by atoms with Gasteiger partial charge in [-0.2, -0.15) is 4.99 Å². The predicted octanol–water partition coefficient (Wildman–Crippen LogP) is 2.56. The largest absolute Gasteiger partial charge is 0.197 e. The molecule has 1 aromatic carbocycles. The van der Waals surface area contributed by atoms with Gasteiger partial charge in [-0.3, -0.25) is 0 Å². The highest BCUT2D eigenvalue weighted by Crippen LogP contribution is 2.25. The molecule has 0 spiro atoms. The summed E-state index contributed by atoms with van der Waals surface area (Å²) in [6.07, 6.45) is 0. The number of para-hydroxylation sites is 1. The van der Waals surface area contributed by atoms with Gasteiger partial charge < -0.3 is 0 Å². The highest BCUT2D eigenvalue weighted by Gasteiger charge is 2.02. The van der Waals surface area contributed by atoms with Crippen LogP contribution < -0.4 is 0 Å². The molecule has 1 heteroatoms. The third-order valence-electron chi connectivity index (χ3n) is 1.73. The first-order valence-electron chi connectivity index (χ1n) is 3.52. The van der Waals surface area contributed by atoms with E-state index in [1.165, 1.54) is 0 Å². The molecule has 0 atom stereocenters. The molecule has 1 nitrogen and oxygen atoms in total. The maximum atomic E-state index is 4.06. The smallest absolute Gasteiger partial charge is 0.0818 e. The molecule has 52 valence electrons. The lowest BCUT2D eigenvalue weighted by molar-refractivity contribution is 1.47. The summed E-state index contributed by atoms with van der Waals surface area (Å²) in [5.41, 5.74) is 6.19. The second-order valence-electron chi connectivity index (χ2n) is 2.49. The van der Waals surface area contributed by atoms with Crippen molar-refractivity contribution in [2.24, 2.45) is 4.99 Å². The van der Waals surface area contributed by atoms with Gasteiger partial charge in [0.15, 0.2) is 0 Å². The molecular weight excluding hydrogens is 134 g/mol. The number of hydrogen-bond donors (Lipinski definition) is 0. The molecule has 0 fully saturated rings. The molecule has 0 bridgehead atoms. The zero-order chi connectivity index (χ0) is 7.68. The van der Waals surface area contributed by atoms with E-state index < -0.39 is 0 Å². The molecule has 0 unspecified atom stereocenters. The van der Waals surface area contributed by atoms with Gasteiger partial charge in [-0.25, -0.2) is 0 Å². The third-order valence-corrected chi connectivity index (χ3v) is 1.73. The Morgan fingerprint density at radius 3 is 2.91 bits per heavy atom. The molecule has 0 amide bonds. The van der Waals surface area contributed by atoms with E-state index in [-0.39, 0.29) is 0 Å². The Hall–Kier alpha value is -1.55. The molecule has 1 aliphatic heterocycles. The van der Waals surface area contributed by atoms with Crippen molar-refractivity contribution in [2.75, 3.05) is 0 Å². The van der Waals surface area contributed by atoms with Gasteiger partial charge in [0.05, 0.1) is 5.69 Å². The maximum Gasteiger partial charge on any atom is 0.0818 e. The lowest BCUT2D eigenvalue weighted by Crippen LogP contribution is -1.81. The van der Waals surface area contributed by atoms with Gasteiger partial charge in [-0.1, -0.05) is 18.2 Å². The molecule has 1 aliphatic rings. The zero-order valence-electron chi connectivity index (χ0n) is 6.26. The van der Waals surface area contributed by atoms with E-state index in [0.717, 1.165) is 16.8 Å². The first kappa shape index (κ1) is 6.18. The van der Waals surface area contributed by atoms with Gasteiger partial charge in [-0.05, 0) is 18.7 Å². The lowest BCUT2D eigenvalue weighted by Gasteiger charge is -2.03. The van der Waals surface area contributed by atoms with Gasteiger partial charge in [0.25, 0.3) is 0 Å². The second-order valence-corrected chi connectivity index (χ2v) is 2.49. The van der Waals surface area contributed by atoms with E-state index in [0.29, 0.717) is 0 Å². The Morgan fingerprint density at radius 2 is 2.09 bits per heavy atom. The average Bonchev–Trinajstić information content (AvgIpc) is 2.06. The van der Waals surface area contributed by atoms with E-state index in [1.807, 2.05) is 31.2 Å². The summed E-state index contributed by atoms with van der Waals surface area (Å²) in [5, 5.41) is 0. The van der Waals surface area contributed by atoms with Crippen LogP contribution in [0.2, 0.25) is 0 Å². The summed E-state index contributed by atoms with van der Waals surface area (Å²) in [6.45, 7) is 2.01. The summed E-state index contributed by atoms with van der Waals surface area (Å²) < 4.78 is 0. The predicted molar refractivity (Wildman–Crippen MR) is 46.1 cm³/mol. The Morgan fingerprint density at radius 1 is 1.27 bits per heavy atom. The molecule has 2 rings (SSSR count). The quantitative estimate of drug-likeness (QED) is 0.492. The van der Waals surface area contributed by atoms with Crippen LogP contribution >= 0.6 is 0 Å². The van der Waals surface area contributed by atoms with Crippen molar-refractivity contribution in [3.8, 4) is 0 Å². The first-order chi connectivity index (χ1) is 5.38. The lowest BCUT2D eigenvalue weighted by atomic mass is 10.1. The van der Waals surface area contributed by atoms with E-state index in [1.54, 1.807) is 0 Å². The van der Waals surface area contributed by atoms with Crippen molar-refractivity contribution in [3.63, 3.8) is 0 Å². The van der Waals surface area contributed by atoms with Gasteiger partial charge in [0.1, 0.15) is 0 Å². The van der Waals surface area contributed by atoms with Crippen molar-refractivity contribution in [2.45, 2.75) is 6.92 Å². The highest BCUT2D eigenvalue weighted by atomic mass is 14.7. The molecule has 0 radical (unpaired) electrons. The van der Waals surface area contributed by atoms with Crippen molar-refractivity contribution in [1.29, 1.82) is 0 Å². The number of rotatable bonds is 0. The summed E-state index contributed by atoms with van der Waals surface area (Å²) in [6, 6.07) is 8.00. The zero-order valence-corrected chi connectivity index (χ0v) is 6.26. The Kier molecular flexibility index (Phi) is 1.26. The number of hydrogen-bond acceptors (Lipinski definition) is 1. The number of aliphatic imine (C=N–C) groups is 1. The Balaban J connectivity index is 2.77. The minimum absolute atomic E-state index is 0.990. The minimum Gasteiger partial charge on any atom is -0.197 e. The fraction of sp³-hybridized carbons (Fsp3) is 0.100. The fourth-order valence-corrected chi connectivity index (χ4v) is 1.13. The molecule has 11 heavy (non-hydrogen) atoms. The summed E-state index contributed by atoms with van der Waals surface area (Å²) in [4.78, 5) is 4.06. The minimum atomic E-state index is 0.990. The molecule has 0 aromatic heterocycles. The molecule has 0 saturated carbocycles. The molecule has 0 aliphatic carbocycles. The van der Waals surface area contributed by atoms with Crippen LogP contribution in [0.4, 0.5) is 5.69 Å². The SMILES string of the molecule is CC1=C=C=Nc2ccccc21. The van der Waals surface area contributed by atoms with E-state index in [9.17, 15) is 0 Å². The topological polar surface area (TPSA) is 12.4 Å². The van der Waals surface area contributed by atoms with E-state index >= 15 is 0 Å². The first-order valence-corrected chi connectivity index (χ1v) is 3.52. The van der Waals surface area contributed by atoms with Gasteiger partial charge in [0.2, 0.25) is 0 Å². The van der Waals surface area contributed by atoms with Crippen LogP contribution in [0.5, 0.6) is 0 Å². The van der Waals surface area contributed by atoms with Gasteiger partial charge in [-0.15, -0.1) is 0 Å². The standard InChI is InChI=1S/C10H7N/c1-8-6-7-11-10-5-3-2-4-9(8)10/h2-5H,1H3. The van der Waals surface area contributed by atoms with Crippen molar-refractivity contribution in [1.82, 2.24) is 0 Å². The summed E-state index contributed by atoms with van der Waals surface area (Å²) >= 11 is 0. The number of nitrogens with zero attached hydrogens (tertiary/aromatic N) is 1. The van der Waals surface area contributed by atoms with Crippen LogP contribution in [-0.2, 0) is 0 Å². The van der Waals surface area contributed by atoms with Crippen LogP contribution in [0.25, 0.3) is 5.57 Å². The third kappa shape index (κ3) is 0.929.